The molecule has 0 aliphatic rings. The fourth-order valence-corrected chi connectivity index (χ4v) is 8.64. The highest BCUT2D eigenvalue weighted by molar-refractivity contribution is 6.19. The average Bonchev–Trinajstić information content (AvgIpc) is 3.89. The Morgan fingerprint density at radius 2 is 1.19 bits per heavy atom. The molecule has 4 heterocycles. The molecule has 0 atom stereocenters. The highest BCUT2D eigenvalue weighted by atomic mass is 16.5. The molecule has 0 fully saturated rings. The summed E-state index contributed by atoms with van der Waals surface area (Å²) in [5, 5.41) is 9.69. The summed E-state index contributed by atoms with van der Waals surface area (Å²) < 4.78 is 13.3. The van der Waals surface area contributed by atoms with Crippen LogP contribution in [0.3, 0.4) is 0 Å². The monoisotopic (exact) mass is 741 g/mol. The fraction of sp³-hybridized carbons (Fsp3) is 0.137. The van der Waals surface area contributed by atoms with Gasteiger partial charge >= 0.3 is 0 Å². The van der Waals surface area contributed by atoms with Gasteiger partial charge in [-0.25, -0.2) is 9.67 Å². The van der Waals surface area contributed by atoms with Crippen LogP contribution in [0, 0.1) is 20.8 Å². The standard InChI is InChI=1S/C51H43N5O/c1-32-25-33(2)50(34(3)26-32)44-22-24-54(53-44)37-15-12-16-38(28-37)57-39-19-20-41-43-30-47-42(40-17-10-11-18-45(40)55(47)36-13-8-7-9-14-36)31-48(43)56(46(41)29-39)49-27-35(21-23-52-49)51(4,5)6/h7-31H,1-6H3. The van der Waals surface area contributed by atoms with Crippen molar-refractivity contribution in [2.75, 3.05) is 0 Å². The van der Waals surface area contributed by atoms with E-state index in [2.05, 4.69) is 172 Å². The van der Waals surface area contributed by atoms with Crippen LogP contribution >= 0.6 is 0 Å². The van der Waals surface area contributed by atoms with Gasteiger partial charge in [-0.2, -0.15) is 5.10 Å². The van der Waals surface area contributed by atoms with Crippen LogP contribution in [0.15, 0.2) is 152 Å². The molecule has 0 N–H and O–H groups in total. The molecule has 0 aliphatic carbocycles. The quantitative estimate of drug-likeness (QED) is 0.170. The summed E-state index contributed by atoms with van der Waals surface area (Å²) in [7, 11) is 0. The molecule has 278 valence electrons. The van der Waals surface area contributed by atoms with Crippen molar-refractivity contribution in [1.82, 2.24) is 23.9 Å². The highest BCUT2D eigenvalue weighted by Crippen LogP contribution is 2.41. The van der Waals surface area contributed by atoms with E-state index in [0.29, 0.717) is 0 Å². The van der Waals surface area contributed by atoms with Crippen molar-refractivity contribution in [2.45, 2.75) is 47.0 Å². The summed E-state index contributed by atoms with van der Waals surface area (Å²) >= 11 is 0. The normalized spacial score (nSPS) is 12.0. The number of pyridine rings is 1. The minimum atomic E-state index is -0.0424. The number of ether oxygens (including phenoxy) is 1. The van der Waals surface area contributed by atoms with E-state index in [0.717, 1.165) is 61.7 Å². The van der Waals surface area contributed by atoms with Crippen molar-refractivity contribution in [3.05, 3.63) is 174 Å². The van der Waals surface area contributed by atoms with Gasteiger partial charge in [0, 0.05) is 57.3 Å². The maximum absolute atomic E-state index is 6.67. The molecule has 0 saturated carbocycles. The first-order chi connectivity index (χ1) is 27.6. The van der Waals surface area contributed by atoms with Crippen LogP contribution in [0.1, 0.15) is 43.0 Å². The Labute approximate surface area is 332 Å². The first-order valence-corrected chi connectivity index (χ1v) is 19.6. The number of hydrogen-bond donors (Lipinski definition) is 0. The Balaban J connectivity index is 1.12. The summed E-state index contributed by atoms with van der Waals surface area (Å²) in [4.78, 5) is 5.00. The minimum absolute atomic E-state index is 0.0424. The molecule has 0 unspecified atom stereocenters. The van der Waals surface area contributed by atoms with Crippen molar-refractivity contribution in [3.8, 4) is 39.9 Å². The van der Waals surface area contributed by atoms with Crippen molar-refractivity contribution in [2.24, 2.45) is 0 Å². The smallest absolute Gasteiger partial charge is 0.137 e. The van der Waals surface area contributed by atoms with E-state index in [1.165, 1.54) is 44.1 Å². The number of nitrogens with zero attached hydrogens (tertiary/aromatic N) is 5. The lowest BCUT2D eigenvalue weighted by molar-refractivity contribution is 0.483. The van der Waals surface area contributed by atoms with Gasteiger partial charge < -0.3 is 9.30 Å². The van der Waals surface area contributed by atoms with Crippen molar-refractivity contribution in [1.29, 1.82) is 0 Å². The van der Waals surface area contributed by atoms with Crippen LogP contribution in [0.2, 0.25) is 0 Å². The molecular weight excluding hydrogens is 699 g/mol. The lowest BCUT2D eigenvalue weighted by Gasteiger charge is -2.20. The van der Waals surface area contributed by atoms with Gasteiger partial charge in [0.05, 0.1) is 33.4 Å². The topological polar surface area (TPSA) is 49.8 Å². The predicted molar refractivity (Wildman–Crippen MR) is 235 cm³/mol. The van der Waals surface area contributed by atoms with Crippen molar-refractivity contribution < 1.29 is 4.74 Å². The molecular formula is C51H43N5O. The maximum Gasteiger partial charge on any atom is 0.137 e. The van der Waals surface area contributed by atoms with Crippen molar-refractivity contribution >= 4 is 43.6 Å². The lowest BCUT2D eigenvalue weighted by Crippen LogP contribution is -2.12. The molecule has 0 aliphatic heterocycles. The molecule has 6 nitrogen and oxygen atoms in total. The van der Waals surface area contributed by atoms with Gasteiger partial charge in [0.1, 0.15) is 17.3 Å². The van der Waals surface area contributed by atoms with E-state index in [9.17, 15) is 0 Å². The van der Waals surface area contributed by atoms with Gasteiger partial charge in [0.25, 0.3) is 0 Å². The van der Waals surface area contributed by atoms with Gasteiger partial charge in [-0.05, 0) is 116 Å². The molecule has 0 bridgehead atoms. The van der Waals surface area contributed by atoms with E-state index < -0.39 is 0 Å². The minimum Gasteiger partial charge on any atom is -0.457 e. The highest BCUT2D eigenvalue weighted by Gasteiger charge is 2.21. The van der Waals surface area contributed by atoms with Crippen molar-refractivity contribution in [3.63, 3.8) is 0 Å². The number of hydrogen-bond acceptors (Lipinski definition) is 3. The third kappa shape index (κ3) is 5.87. The second-order valence-corrected chi connectivity index (χ2v) is 16.3. The summed E-state index contributed by atoms with van der Waals surface area (Å²) in [6.07, 6.45) is 3.95. The van der Waals surface area contributed by atoms with Crippen LogP contribution in [-0.2, 0) is 5.41 Å². The zero-order chi connectivity index (χ0) is 39.0. The number of aryl methyl sites for hydroxylation is 3. The first-order valence-electron chi connectivity index (χ1n) is 19.6. The number of fused-ring (bicyclic) bond motifs is 6. The second kappa shape index (κ2) is 13.1. The van der Waals surface area contributed by atoms with Gasteiger partial charge in [-0.15, -0.1) is 0 Å². The van der Waals surface area contributed by atoms with E-state index in [1.807, 2.05) is 35.3 Å². The summed E-state index contributed by atoms with van der Waals surface area (Å²) in [6.45, 7) is 13.2. The van der Waals surface area contributed by atoms with Gasteiger partial charge in [0.15, 0.2) is 0 Å². The zero-order valence-electron chi connectivity index (χ0n) is 33.1. The summed E-state index contributed by atoms with van der Waals surface area (Å²) in [6, 6.07) is 49.4. The van der Waals surface area contributed by atoms with E-state index >= 15 is 0 Å². The molecule has 4 aromatic heterocycles. The predicted octanol–water partition coefficient (Wildman–Crippen LogP) is 13.1. The summed E-state index contributed by atoms with van der Waals surface area (Å²) in [5.74, 6) is 2.35. The van der Waals surface area contributed by atoms with Gasteiger partial charge in [0.2, 0.25) is 0 Å². The number of aromatic nitrogens is 5. The number of benzene rings is 6. The van der Waals surface area contributed by atoms with Gasteiger partial charge in [-0.1, -0.05) is 80.9 Å². The molecule has 10 aromatic rings. The second-order valence-electron chi connectivity index (χ2n) is 16.3. The maximum atomic E-state index is 6.67. The Morgan fingerprint density at radius 1 is 0.526 bits per heavy atom. The Hall–Kier alpha value is -6.92. The average molecular weight is 742 g/mol. The number of para-hydroxylation sites is 2. The summed E-state index contributed by atoms with van der Waals surface area (Å²) in [5.41, 5.74) is 13.6. The molecule has 0 amide bonds. The van der Waals surface area contributed by atoms with Crippen LogP contribution < -0.4 is 4.74 Å². The largest absolute Gasteiger partial charge is 0.457 e. The third-order valence-corrected chi connectivity index (χ3v) is 11.2. The first kappa shape index (κ1) is 34.6. The SMILES string of the molecule is Cc1cc(C)c(-c2ccn(-c3cccc(Oc4ccc5c6cc7c(cc6n(-c6cc(C(C)(C)C)ccn6)c5c4)c4ccccc4n7-c4ccccc4)c3)n2)c(C)c1. The lowest BCUT2D eigenvalue weighted by atomic mass is 9.88. The van der Waals surface area contributed by atoms with Crippen LogP contribution in [0.25, 0.3) is 72.1 Å². The van der Waals surface area contributed by atoms with Crippen LogP contribution in [0.5, 0.6) is 11.5 Å². The molecule has 0 radical (unpaired) electrons. The fourth-order valence-electron chi connectivity index (χ4n) is 8.64. The van der Waals surface area contributed by atoms with E-state index in [-0.39, 0.29) is 5.41 Å². The number of rotatable bonds is 6. The Kier molecular flexibility index (Phi) is 7.94. The molecule has 0 saturated heterocycles. The van der Waals surface area contributed by atoms with Crippen LogP contribution in [-0.4, -0.2) is 23.9 Å². The Morgan fingerprint density at radius 3 is 1.96 bits per heavy atom. The molecule has 0 spiro atoms. The van der Waals surface area contributed by atoms with E-state index in [1.54, 1.807) is 0 Å². The molecule has 57 heavy (non-hydrogen) atoms. The molecule has 6 aromatic carbocycles. The molecule has 10 rings (SSSR count). The Bertz CT molecular complexity index is 3150. The van der Waals surface area contributed by atoms with Gasteiger partial charge in [-0.3, -0.25) is 4.57 Å². The zero-order valence-corrected chi connectivity index (χ0v) is 33.1. The van der Waals surface area contributed by atoms with Crippen LogP contribution in [0.4, 0.5) is 0 Å². The van der Waals surface area contributed by atoms with E-state index in [4.69, 9.17) is 14.8 Å². The molecule has 6 heteroatoms. The third-order valence-electron chi connectivity index (χ3n) is 11.2.